The summed E-state index contributed by atoms with van der Waals surface area (Å²) in [5.41, 5.74) is 5.55. The average Bonchev–Trinajstić information content (AvgIpc) is 2.28. The number of carboxylic acid groups (broad SMARTS) is 1. The lowest BCUT2D eigenvalue weighted by atomic mass is 10.1. The summed E-state index contributed by atoms with van der Waals surface area (Å²) in [4.78, 5) is 22.7. The number of anilines is 1. The van der Waals surface area contributed by atoms with Crippen LogP contribution in [-0.4, -0.2) is 23.0 Å². The number of benzene rings is 1. The lowest BCUT2D eigenvalue weighted by molar-refractivity contribution is -0.117. The average molecular weight is 269 g/mol. The molecule has 4 N–H and O–H groups in total. The predicted octanol–water partition coefficient (Wildman–Crippen LogP) is 1.88. The summed E-state index contributed by atoms with van der Waals surface area (Å²) >= 11 is 5.77. The molecular weight excluding hydrogens is 256 g/mol. The van der Waals surface area contributed by atoms with E-state index in [1.807, 2.05) is 0 Å². The Hall–Kier alpha value is -1.85. The number of rotatable bonds is 5. The van der Waals surface area contributed by atoms with Gasteiger partial charge < -0.3 is 16.2 Å². The van der Waals surface area contributed by atoms with Crippen LogP contribution >= 0.6 is 11.6 Å². The van der Waals surface area contributed by atoms with Gasteiger partial charge in [0.2, 0.25) is 5.91 Å². The molecule has 1 rings (SSSR count). The maximum Gasteiger partial charge on any atom is 0.339 e. The van der Waals surface area contributed by atoms with Crippen LogP contribution in [0.3, 0.4) is 0 Å². The molecular formula is C12H13ClN2O3. The van der Waals surface area contributed by atoms with Crippen LogP contribution in [0.15, 0.2) is 30.9 Å². The number of nitrogens with one attached hydrogen (secondary N) is 1. The molecule has 1 unspecified atom stereocenters. The fraction of sp³-hybridized carbons (Fsp3) is 0.167. The molecule has 0 aromatic heterocycles. The van der Waals surface area contributed by atoms with Crippen molar-refractivity contribution in [1.82, 2.24) is 0 Å². The van der Waals surface area contributed by atoms with Crippen LogP contribution in [0.1, 0.15) is 16.8 Å². The van der Waals surface area contributed by atoms with E-state index in [1.54, 1.807) is 6.07 Å². The number of carbonyl (C=O) groups is 2. The normalized spacial score (nSPS) is 11.7. The topological polar surface area (TPSA) is 92.4 Å². The number of carbonyl (C=O) groups excluding carboxylic acids is 1. The van der Waals surface area contributed by atoms with E-state index >= 15 is 0 Å². The highest BCUT2D eigenvalue weighted by Crippen LogP contribution is 2.24. The number of hydrogen-bond donors (Lipinski definition) is 3. The van der Waals surface area contributed by atoms with Gasteiger partial charge in [0.05, 0.1) is 16.8 Å². The number of nitrogens with two attached hydrogens (primary N) is 1. The standard InChI is InChI=1S/C12H13ClN2O3/c1-2-4-8(14)11(16)15-9-6-3-5-7(13)10(9)12(17)18/h2-3,5-6,8H,1,4,14H2,(H,15,16)(H,17,18). The Bertz CT molecular complexity index is 488. The van der Waals surface area contributed by atoms with E-state index < -0.39 is 17.9 Å². The summed E-state index contributed by atoms with van der Waals surface area (Å²) in [5, 5.41) is 11.5. The van der Waals surface area contributed by atoms with Gasteiger partial charge in [0, 0.05) is 0 Å². The van der Waals surface area contributed by atoms with E-state index in [0.717, 1.165) is 0 Å². The van der Waals surface area contributed by atoms with Gasteiger partial charge in [-0.15, -0.1) is 6.58 Å². The molecule has 18 heavy (non-hydrogen) atoms. The van der Waals surface area contributed by atoms with Crippen molar-refractivity contribution in [2.24, 2.45) is 5.73 Å². The first-order valence-electron chi connectivity index (χ1n) is 5.16. The molecule has 0 bridgehead atoms. The Kier molecular flexibility index (Phi) is 4.88. The SMILES string of the molecule is C=CCC(N)C(=O)Nc1cccc(Cl)c1C(=O)O. The van der Waals surface area contributed by atoms with Gasteiger partial charge >= 0.3 is 5.97 Å². The molecule has 96 valence electrons. The molecule has 0 aliphatic heterocycles. The van der Waals surface area contributed by atoms with E-state index in [4.69, 9.17) is 22.4 Å². The lowest BCUT2D eigenvalue weighted by Crippen LogP contribution is -2.35. The first kappa shape index (κ1) is 14.2. The Morgan fingerprint density at radius 3 is 2.78 bits per heavy atom. The number of carboxylic acids is 1. The minimum Gasteiger partial charge on any atom is -0.478 e. The fourth-order valence-corrected chi connectivity index (χ4v) is 1.61. The third-order valence-electron chi connectivity index (χ3n) is 2.24. The fourth-order valence-electron chi connectivity index (χ4n) is 1.36. The van der Waals surface area contributed by atoms with Crippen molar-refractivity contribution in [2.45, 2.75) is 12.5 Å². The van der Waals surface area contributed by atoms with Gasteiger partial charge in [-0.1, -0.05) is 23.7 Å². The molecule has 0 aliphatic carbocycles. The second kappa shape index (κ2) is 6.18. The molecule has 0 aliphatic rings. The van der Waals surface area contributed by atoms with E-state index in [1.165, 1.54) is 18.2 Å². The van der Waals surface area contributed by atoms with Crippen LogP contribution in [0.2, 0.25) is 5.02 Å². The van der Waals surface area contributed by atoms with Crippen LogP contribution < -0.4 is 11.1 Å². The van der Waals surface area contributed by atoms with Gasteiger partial charge in [-0.3, -0.25) is 4.79 Å². The van der Waals surface area contributed by atoms with Crippen molar-refractivity contribution in [3.8, 4) is 0 Å². The minimum absolute atomic E-state index is 0.0533. The maximum atomic E-state index is 11.7. The molecule has 1 aromatic carbocycles. The minimum atomic E-state index is -1.21. The van der Waals surface area contributed by atoms with E-state index in [2.05, 4.69) is 11.9 Å². The molecule has 1 atom stereocenters. The quantitative estimate of drug-likeness (QED) is 0.711. The molecule has 1 amide bonds. The first-order chi connectivity index (χ1) is 8.47. The largest absolute Gasteiger partial charge is 0.478 e. The highest BCUT2D eigenvalue weighted by Gasteiger charge is 2.18. The summed E-state index contributed by atoms with van der Waals surface area (Å²) in [5.74, 6) is -1.70. The zero-order valence-corrected chi connectivity index (χ0v) is 10.3. The second-order valence-electron chi connectivity index (χ2n) is 3.59. The first-order valence-corrected chi connectivity index (χ1v) is 5.54. The van der Waals surface area contributed by atoms with Gasteiger partial charge in [-0.2, -0.15) is 0 Å². The van der Waals surface area contributed by atoms with E-state index in [9.17, 15) is 9.59 Å². The monoisotopic (exact) mass is 268 g/mol. The van der Waals surface area contributed by atoms with E-state index in [-0.39, 0.29) is 16.3 Å². The maximum absolute atomic E-state index is 11.7. The number of hydrogen-bond acceptors (Lipinski definition) is 3. The second-order valence-corrected chi connectivity index (χ2v) is 3.99. The van der Waals surface area contributed by atoms with Crippen LogP contribution in [0.4, 0.5) is 5.69 Å². The highest BCUT2D eigenvalue weighted by molar-refractivity contribution is 6.34. The molecule has 0 radical (unpaired) electrons. The third kappa shape index (κ3) is 3.32. The zero-order valence-electron chi connectivity index (χ0n) is 9.52. The van der Waals surface area contributed by atoms with Crippen molar-refractivity contribution >= 4 is 29.2 Å². The summed E-state index contributed by atoms with van der Waals surface area (Å²) in [6.07, 6.45) is 1.81. The molecule has 0 spiro atoms. The van der Waals surface area contributed by atoms with E-state index in [0.29, 0.717) is 6.42 Å². The smallest absolute Gasteiger partial charge is 0.339 e. The Morgan fingerprint density at radius 2 is 2.22 bits per heavy atom. The third-order valence-corrected chi connectivity index (χ3v) is 2.56. The Balaban J connectivity index is 2.98. The van der Waals surface area contributed by atoms with Crippen molar-refractivity contribution in [3.05, 3.63) is 41.4 Å². The van der Waals surface area contributed by atoms with Crippen LogP contribution in [-0.2, 0) is 4.79 Å². The Morgan fingerprint density at radius 1 is 1.56 bits per heavy atom. The summed E-state index contributed by atoms with van der Waals surface area (Å²) in [6, 6.07) is 3.66. The van der Waals surface area contributed by atoms with Gasteiger partial charge in [0.1, 0.15) is 5.56 Å². The summed E-state index contributed by atoms with van der Waals surface area (Å²) in [7, 11) is 0. The molecule has 0 heterocycles. The molecule has 1 aromatic rings. The zero-order chi connectivity index (χ0) is 13.7. The lowest BCUT2D eigenvalue weighted by Gasteiger charge is -2.12. The number of amides is 1. The van der Waals surface area contributed by atoms with Crippen molar-refractivity contribution in [3.63, 3.8) is 0 Å². The summed E-state index contributed by atoms with van der Waals surface area (Å²) < 4.78 is 0. The Labute approximate surface area is 109 Å². The van der Waals surface area contributed by atoms with Crippen LogP contribution in [0.5, 0.6) is 0 Å². The van der Waals surface area contributed by atoms with Gasteiger partial charge in [-0.25, -0.2) is 4.79 Å². The number of aromatic carboxylic acids is 1. The summed E-state index contributed by atoms with van der Waals surface area (Å²) in [6.45, 7) is 3.47. The predicted molar refractivity (Wildman–Crippen MR) is 69.8 cm³/mol. The van der Waals surface area contributed by atoms with Gasteiger partial charge in [-0.05, 0) is 18.6 Å². The molecule has 6 heteroatoms. The molecule has 0 saturated heterocycles. The van der Waals surface area contributed by atoms with Gasteiger partial charge in [0.25, 0.3) is 0 Å². The molecule has 5 nitrogen and oxygen atoms in total. The van der Waals surface area contributed by atoms with Gasteiger partial charge in [0.15, 0.2) is 0 Å². The van der Waals surface area contributed by atoms with Crippen molar-refractivity contribution in [1.29, 1.82) is 0 Å². The molecule has 0 fully saturated rings. The number of halogens is 1. The van der Waals surface area contributed by atoms with Crippen LogP contribution in [0.25, 0.3) is 0 Å². The highest BCUT2D eigenvalue weighted by atomic mass is 35.5. The molecule has 0 saturated carbocycles. The van der Waals surface area contributed by atoms with Crippen LogP contribution in [0, 0.1) is 0 Å². The van der Waals surface area contributed by atoms with Crippen molar-refractivity contribution in [2.75, 3.05) is 5.32 Å². The van der Waals surface area contributed by atoms with Crippen molar-refractivity contribution < 1.29 is 14.7 Å².